The first-order valence-electron chi connectivity index (χ1n) is 11.0. The number of nitrogens with zero attached hydrogens (tertiary/aromatic N) is 2. The van der Waals surface area contributed by atoms with Gasteiger partial charge in [-0.3, -0.25) is 0 Å². The second-order valence-corrected chi connectivity index (χ2v) is 8.04. The van der Waals surface area contributed by atoms with Crippen molar-refractivity contribution >= 4 is 5.96 Å². The highest BCUT2D eigenvalue weighted by Gasteiger charge is 2.25. The first-order valence-corrected chi connectivity index (χ1v) is 11.0. The lowest BCUT2D eigenvalue weighted by atomic mass is 9.83. The van der Waals surface area contributed by atoms with E-state index in [0.717, 1.165) is 30.5 Å². The molecule has 30 heavy (non-hydrogen) atoms. The number of hydrogen-bond acceptors (Lipinski definition) is 5. The molecule has 170 valence electrons. The average Bonchev–Trinajstić information content (AvgIpc) is 2.77. The third-order valence-electron chi connectivity index (χ3n) is 5.82. The maximum atomic E-state index is 5.46. The van der Waals surface area contributed by atoms with E-state index in [0.29, 0.717) is 29.8 Å². The van der Waals surface area contributed by atoms with E-state index in [9.17, 15) is 0 Å². The first kappa shape index (κ1) is 24.1. The third-order valence-corrected chi connectivity index (χ3v) is 5.82. The van der Waals surface area contributed by atoms with Crippen molar-refractivity contribution in [2.45, 2.75) is 51.6 Å². The van der Waals surface area contributed by atoms with Crippen LogP contribution in [0.3, 0.4) is 0 Å². The molecular weight excluding hydrogens is 380 g/mol. The van der Waals surface area contributed by atoms with Gasteiger partial charge >= 0.3 is 0 Å². The molecule has 0 spiro atoms. The van der Waals surface area contributed by atoms with Gasteiger partial charge < -0.3 is 29.7 Å². The molecule has 1 saturated carbocycles. The van der Waals surface area contributed by atoms with Crippen molar-refractivity contribution in [2.75, 3.05) is 48.5 Å². The lowest BCUT2D eigenvalue weighted by Crippen LogP contribution is -2.48. The molecule has 0 aliphatic heterocycles. The summed E-state index contributed by atoms with van der Waals surface area (Å²) in [5.74, 6) is 3.46. The van der Waals surface area contributed by atoms with E-state index in [1.807, 2.05) is 12.1 Å². The Balaban J connectivity index is 2.09. The highest BCUT2D eigenvalue weighted by molar-refractivity contribution is 5.79. The zero-order valence-corrected chi connectivity index (χ0v) is 19.6. The van der Waals surface area contributed by atoms with Crippen molar-refractivity contribution in [1.82, 2.24) is 15.5 Å². The Kier molecular flexibility index (Phi) is 10.1. The number of methoxy groups -OCH3 is 3. The molecule has 1 aliphatic carbocycles. The van der Waals surface area contributed by atoms with E-state index in [4.69, 9.17) is 19.2 Å². The molecule has 1 atom stereocenters. The fraction of sp³-hybridized carbons (Fsp3) is 0.696. The SMILES string of the molecule is CCNC(=NCc1cc(OC)c(OC)c(OC)c1)NCC(C1CCCCC1)N(C)C. The molecule has 7 heteroatoms. The minimum absolute atomic E-state index is 0.510. The van der Waals surface area contributed by atoms with Crippen LogP contribution in [0.25, 0.3) is 0 Å². The molecule has 0 heterocycles. The van der Waals surface area contributed by atoms with E-state index >= 15 is 0 Å². The number of rotatable bonds is 10. The normalized spacial score (nSPS) is 16.3. The third kappa shape index (κ3) is 6.69. The summed E-state index contributed by atoms with van der Waals surface area (Å²) in [4.78, 5) is 7.14. The number of hydrogen-bond donors (Lipinski definition) is 2. The van der Waals surface area contributed by atoms with Gasteiger partial charge in [-0.15, -0.1) is 0 Å². The largest absolute Gasteiger partial charge is 0.493 e. The van der Waals surface area contributed by atoms with Crippen molar-refractivity contribution in [3.8, 4) is 17.2 Å². The molecule has 0 aromatic heterocycles. The van der Waals surface area contributed by atoms with Crippen molar-refractivity contribution in [3.63, 3.8) is 0 Å². The van der Waals surface area contributed by atoms with Crippen molar-refractivity contribution in [1.29, 1.82) is 0 Å². The van der Waals surface area contributed by atoms with Gasteiger partial charge in [-0.25, -0.2) is 4.99 Å². The highest BCUT2D eigenvalue weighted by Crippen LogP contribution is 2.38. The second-order valence-electron chi connectivity index (χ2n) is 8.04. The maximum Gasteiger partial charge on any atom is 0.203 e. The second kappa shape index (κ2) is 12.5. The Hall–Kier alpha value is -2.15. The van der Waals surface area contributed by atoms with Gasteiger partial charge in [-0.2, -0.15) is 0 Å². The van der Waals surface area contributed by atoms with Crippen LogP contribution < -0.4 is 24.8 Å². The number of nitrogens with one attached hydrogen (secondary N) is 2. The molecule has 0 amide bonds. The van der Waals surface area contributed by atoms with Crippen LogP contribution in [-0.2, 0) is 6.54 Å². The number of guanidine groups is 1. The summed E-state index contributed by atoms with van der Waals surface area (Å²) in [5, 5.41) is 6.92. The smallest absolute Gasteiger partial charge is 0.203 e. The number of aliphatic imine (C=N–C) groups is 1. The first-order chi connectivity index (χ1) is 14.5. The summed E-state index contributed by atoms with van der Waals surface area (Å²) in [6.07, 6.45) is 6.73. The lowest BCUT2D eigenvalue weighted by molar-refractivity contribution is 0.171. The van der Waals surface area contributed by atoms with E-state index in [-0.39, 0.29) is 0 Å². The zero-order chi connectivity index (χ0) is 21.9. The minimum Gasteiger partial charge on any atom is -0.493 e. The Morgan fingerprint density at radius 2 is 1.67 bits per heavy atom. The Bertz CT molecular complexity index is 647. The van der Waals surface area contributed by atoms with Crippen LogP contribution in [0.4, 0.5) is 0 Å². The molecule has 7 nitrogen and oxygen atoms in total. The van der Waals surface area contributed by atoms with Gasteiger partial charge in [-0.1, -0.05) is 19.3 Å². The molecule has 2 rings (SSSR count). The Morgan fingerprint density at radius 1 is 1.03 bits per heavy atom. The summed E-state index contributed by atoms with van der Waals surface area (Å²) in [6.45, 7) is 4.30. The summed E-state index contributed by atoms with van der Waals surface area (Å²) in [5.41, 5.74) is 0.998. The highest BCUT2D eigenvalue weighted by atomic mass is 16.5. The molecule has 1 unspecified atom stereocenters. The topological polar surface area (TPSA) is 67.4 Å². The van der Waals surface area contributed by atoms with Gasteiger partial charge in [-0.05, 0) is 57.5 Å². The number of likely N-dealkylation sites (N-methyl/N-ethyl adjacent to an activating group) is 1. The molecule has 1 fully saturated rings. The minimum atomic E-state index is 0.510. The molecule has 1 aromatic carbocycles. The van der Waals surface area contributed by atoms with E-state index < -0.39 is 0 Å². The molecule has 1 aliphatic rings. The standard InChI is InChI=1S/C23H40N4O3/c1-7-24-23(26-16-19(27(2)3)18-11-9-8-10-12-18)25-15-17-13-20(28-4)22(30-6)21(14-17)29-5/h13-14,18-19H,7-12,15-16H2,1-6H3,(H2,24,25,26). The van der Waals surface area contributed by atoms with E-state index in [1.165, 1.54) is 32.1 Å². The molecular formula is C23H40N4O3. The molecule has 2 N–H and O–H groups in total. The fourth-order valence-electron chi connectivity index (χ4n) is 4.23. The Labute approximate surface area is 182 Å². The van der Waals surface area contributed by atoms with Gasteiger partial charge in [0.1, 0.15) is 0 Å². The lowest BCUT2D eigenvalue weighted by Gasteiger charge is -2.35. The van der Waals surface area contributed by atoms with Crippen LogP contribution in [0.2, 0.25) is 0 Å². The summed E-state index contributed by atoms with van der Waals surface area (Å²) in [7, 11) is 9.23. The summed E-state index contributed by atoms with van der Waals surface area (Å²) < 4.78 is 16.3. The number of ether oxygens (including phenoxy) is 3. The number of benzene rings is 1. The van der Waals surface area contributed by atoms with E-state index in [1.54, 1.807) is 21.3 Å². The predicted molar refractivity (Wildman–Crippen MR) is 123 cm³/mol. The average molecular weight is 421 g/mol. The van der Waals surface area contributed by atoms with Gasteiger partial charge in [0.2, 0.25) is 5.75 Å². The maximum absolute atomic E-state index is 5.46. The van der Waals surface area contributed by atoms with E-state index in [2.05, 4.69) is 36.6 Å². The van der Waals surface area contributed by atoms with Crippen LogP contribution in [0, 0.1) is 5.92 Å². The monoisotopic (exact) mass is 420 g/mol. The Morgan fingerprint density at radius 3 is 2.17 bits per heavy atom. The summed E-state index contributed by atoms with van der Waals surface area (Å²) >= 11 is 0. The van der Waals surface area contributed by atoms with Crippen molar-refractivity contribution < 1.29 is 14.2 Å². The predicted octanol–water partition coefficient (Wildman–Crippen LogP) is 3.28. The van der Waals surface area contributed by atoms with Crippen LogP contribution in [0.15, 0.2) is 17.1 Å². The van der Waals surface area contributed by atoms with Crippen LogP contribution in [0.5, 0.6) is 17.2 Å². The molecule has 0 saturated heterocycles. The van der Waals surface area contributed by atoms with Gasteiger partial charge in [0.15, 0.2) is 17.5 Å². The fourth-order valence-corrected chi connectivity index (χ4v) is 4.23. The van der Waals surface area contributed by atoms with Crippen LogP contribution >= 0.6 is 0 Å². The van der Waals surface area contributed by atoms with Gasteiger partial charge in [0, 0.05) is 19.1 Å². The van der Waals surface area contributed by atoms with Gasteiger partial charge in [0.25, 0.3) is 0 Å². The van der Waals surface area contributed by atoms with Gasteiger partial charge in [0.05, 0.1) is 27.9 Å². The molecule has 0 bridgehead atoms. The van der Waals surface area contributed by atoms with Crippen molar-refractivity contribution in [2.24, 2.45) is 10.9 Å². The van der Waals surface area contributed by atoms with Crippen LogP contribution in [0.1, 0.15) is 44.6 Å². The zero-order valence-electron chi connectivity index (χ0n) is 19.6. The van der Waals surface area contributed by atoms with Crippen molar-refractivity contribution in [3.05, 3.63) is 17.7 Å². The summed E-state index contributed by atoms with van der Waals surface area (Å²) in [6, 6.07) is 4.40. The molecule has 1 aromatic rings. The van der Waals surface area contributed by atoms with Crippen LogP contribution in [-0.4, -0.2) is 65.4 Å². The molecule has 0 radical (unpaired) electrons. The quantitative estimate of drug-likeness (QED) is 0.447.